The van der Waals surface area contributed by atoms with Crippen LogP contribution in [0.2, 0.25) is 0 Å². The average Bonchev–Trinajstić information content (AvgIpc) is 3.67. The third-order valence-electron chi connectivity index (χ3n) is 8.17. The molecule has 0 unspecified atom stereocenters. The standard InChI is InChI=1S/C32H44N8O7S2/c1-17-26(49-16-36-17)19-7-5-18(6-8-19)25-30(46)35-13-23(42)37-21(12-33)28(44)34-9-10-48-15-24(43)38-27(32(2,3)4)31(47)40-14-20(41)11-22(40)29(45)39-25/h5-8,16,20-22,25,27,41H,9-15,33H2,1-4H3,(H,34,44)(H,35,46)(H,37,42)(H,38,43)(H,39,45)/t20-,21-,22+,25+,27-/m1/s1. The number of aliphatic hydroxyl groups excluding tert-OH is 1. The van der Waals surface area contributed by atoms with Crippen molar-refractivity contribution in [3.05, 3.63) is 41.0 Å². The maximum atomic E-state index is 14.0. The van der Waals surface area contributed by atoms with E-state index in [0.717, 1.165) is 16.1 Å². The molecule has 266 valence electrons. The van der Waals surface area contributed by atoms with E-state index in [4.69, 9.17) is 5.73 Å². The van der Waals surface area contributed by atoms with Crippen LogP contribution in [0, 0.1) is 12.3 Å². The summed E-state index contributed by atoms with van der Waals surface area (Å²) in [6, 6.07) is 2.38. The van der Waals surface area contributed by atoms with E-state index < -0.39 is 77.7 Å². The molecule has 2 aliphatic heterocycles. The monoisotopic (exact) mass is 716 g/mol. The molecule has 17 heteroatoms. The van der Waals surface area contributed by atoms with Crippen LogP contribution in [0.5, 0.6) is 0 Å². The van der Waals surface area contributed by atoms with Gasteiger partial charge in [-0.2, -0.15) is 11.8 Å². The van der Waals surface area contributed by atoms with Crippen molar-refractivity contribution in [2.75, 3.05) is 37.7 Å². The lowest BCUT2D eigenvalue weighted by Gasteiger charge is -2.35. The molecule has 5 atom stereocenters. The molecule has 2 aromatic rings. The summed E-state index contributed by atoms with van der Waals surface area (Å²) >= 11 is 2.69. The number of hydrogen-bond donors (Lipinski definition) is 7. The van der Waals surface area contributed by atoms with Crippen LogP contribution in [0.1, 0.15) is 44.5 Å². The van der Waals surface area contributed by atoms with Gasteiger partial charge in [0.15, 0.2) is 0 Å². The number of benzene rings is 1. The van der Waals surface area contributed by atoms with E-state index >= 15 is 0 Å². The highest BCUT2D eigenvalue weighted by Gasteiger charge is 2.45. The van der Waals surface area contributed by atoms with Gasteiger partial charge in [0.2, 0.25) is 35.4 Å². The molecular formula is C32H44N8O7S2. The van der Waals surface area contributed by atoms with E-state index in [0.29, 0.717) is 11.3 Å². The molecule has 2 aliphatic rings. The zero-order valence-electron chi connectivity index (χ0n) is 27.9. The highest BCUT2D eigenvalue weighted by Crippen LogP contribution is 2.30. The third-order valence-corrected chi connectivity index (χ3v) is 10.1. The van der Waals surface area contributed by atoms with Gasteiger partial charge in [0, 0.05) is 31.8 Å². The molecular weight excluding hydrogens is 673 g/mol. The molecule has 0 radical (unpaired) electrons. The lowest BCUT2D eigenvalue weighted by atomic mass is 9.85. The third kappa shape index (κ3) is 9.77. The number of aromatic nitrogens is 1. The number of hydrogen-bond acceptors (Lipinski definition) is 11. The SMILES string of the molecule is Cc1ncsc1-c1ccc([C@@H]2NC(=O)[C@@H]3C[C@@H](O)CN3C(=O)[C@H](C(C)(C)C)NC(=O)CSCCNC(=O)[C@@H](CN)NC(=O)CNC2=O)cc1. The summed E-state index contributed by atoms with van der Waals surface area (Å²) in [5.41, 5.74) is 8.78. The Labute approximate surface area is 292 Å². The van der Waals surface area contributed by atoms with Gasteiger partial charge in [-0.1, -0.05) is 45.0 Å². The lowest BCUT2D eigenvalue weighted by Crippen LogP contribution is -2.58. The Bertz CT molecular complexity index is 1540. The van der Waals surface area contributed by atoms with Crippen molar-refractivity contribution >= 4 is 58.5 Å². The van der Waals surface area contributed by atoms with Gasteiger partial charge in [0.25, 0.3) is 0 Å². The second kappa shape index (κ2) is 16.6. The topological polar surface area (TPSA) is 225 Å². The highest BCUT2D eigenvalue weighted by atomic mass is 32.2. The zero-order chi connectivity index (χ0) is 35.9. The maximum Gasteiger partial charge on any atom is 0.247 e. The number of carbonyl (C=O) groups is 6. The predicted octanol–water partition coefficient (Wildman–Crippen LogP) is -0.809. The molecule has 1 aromatic heterocycles. The quantitative estimate of drug-likeness (QED) is 0.209. The smallest absolute Gasteiger partial charge is 0.247 e. The fourth-order valence-electron chi connectivity index (χ4n) is 5.55. The zero-order valence-corrected chi connectivity index (χ0v) is 29.5. The van der Waals surface area contributed by atoms with Crippen molar-refractivity contribution in [3.8, 4) is 10.4 Å². The Balaban J connectivity index is 1.66. The van der Waals surface area contributed by atoms with Crippen molar-refractivity contribution in [1.29, 1.82) is 0 Å². The summed E-state index contributed by atoms with van der Waals surface area (Å²) in [6.07, 6.45) is -1.10. The van der Waals surface area contributed by atoms with E-state index in [9.17, 15) is 33.9 Å². The molecule has 49 heavy (non-hydrogen) atoms. The van der Waals surface area contributed by atoms with Crippen LogP contribution < -0.4 is 32.3 Å². The molecule has 0 bridgehead atoms. The first-order chi connectivity index (χ1) is 23.2. The van der Waals surface area contributed by atoms with Gasteiger partial charge in [-0.15, -0.1) is 11.3 Å². The average molecular weight is 717 g/mol. The van der Waals surface area contributed by atoms with Crippen molar-refractivity contribution in [2.45, 2.75) is 64.4 Å². The molecule has 3 heterocycles. The van der Waals surface area contributed by atoms with Crippen LogP contribution in [0.15, 0.2) is 29.8 Å². The second-order valence-corrected chi connectivity index (χ2v) is 15.0. The lowest BCUT2D eigenvalue weighted by molar-refractivity contribution is -0.144. The van der Waals surface area contributed by atoms with E-state index in [2.05, 4.69) is 31.6 Å². The van der Waals surface area contributed by atoms with Crippen LogP contribution in [-0.2, 0) is 28.8 Å². The van der Waals surface area contributed by atoms with Crippen LogP contribution in [-0.4, -0.2) is 112 Å². The molecule has 0 saturated carbocycles. The fourth-order valence-corrected chi connectivity index (χ4v) is 7.02. The number of nitrogens with zero attached hydrogens (tertiary/aromatic N) is 2. The Morgan fingerprint density at radius 2 is 1.67 bits per heavy atom. The molecule has 2 saturated heterocycles. The van der Waals surface area contributed by atoms with Crippen LogP contribution >= 0.6 is 23.1 Å². The number of rotatable bonds is 3. The number of carbonyl (C=O) groups excluding carboxylic acids is 6. The molecule has 0 aliphatic carbocycles. The fraction of sp³-hybridized carbons (Fsp3) is 0.531. The van der Waals surface area contributed by atoms with E-state index in [1.807, 2.05) is 6.92 Å². The van der Waals surface area contributed by atoms with E-state index in [-0.39, 0.29) is 31.8 Å². The summed E-state index contributed by atoms with van der Waals surface area (Å²) in [6.45, 7) is 6.55. The van der Waals surface area contributed by atoms with Crippen molar-refractivity contribution in [2.24, 2.45) is 11.1 Å². The van der Waals surface area contributed by atoms with Gasteiger partial charge in [0.05, 0.1) is 34.5 Å². The number of nitrogens with one attached hydrogen (secondary N) is 5. The molecule has 15 nitrogen and oxygen atoms in total. The number of aryl methyl sites for hydroxylation is 1. The van der Waals surface area contributed by atoms with Crippen LogP contribution in [0.3, 0.4) is 0 Å². The van der Waals surface area contributed by atoms with Crippen molar-refractivity contribution in [3.63, 3.8) is 0 Å². The Hall–Kier alpha value is -4.06. The van der Waals surface area contributed by atoms with E-state index in [1.165, 1.54) is 28.0 Å². The Morgan fingerprint density at radius 3 is 2.31 bits per heavy atom. The first kappa shape index (κ1) is 37.8. The molecule has 0 spiro atoms. The van der Waals surface area contributed by atoms with Gasteiger partial charge >= 0.3 is 0 Å². The number of nitrogens with two attached hydrogens (primary N) is 1. The first-order valence-corrected chi connectivity index (χ1v) is 17.9. The second-order valence-electron chi connectivity index (χ2n) is 13.0. The number of amides is 6. The van der Waals surface area contributed by atoms with Gasteiger partial charge < -0.3 is 42.3 Å². The van der Waals surface area contributed by atoms with Crippen molar-refractivity contribution in [1.82, 2.24) is 36.5 Å². The van der Waals surface area contributed by atoms with Crippen LogP contribution in [0.25, 0.3) is 10.4 Å². The summed E-state index contributed by atoms with van der Waals surface area (Å²) in [5, 5.41) is 23.8. The summed E-state index contributed by atoms with van der Waals surface area (Å²) < 4.78 is 0. The van der Waals surface area contributed by atoms with E-state index in [1.54, 1.807) is 50.5 Å². The normalized spacial score (nSPS) is 25.7. The molecule has 8 N–H and O–H groups in total. The largest absolute Gasteiger partial charge is 0.391 e. The number of aliphatic hydroxyl groups is 1. The maximum absolute atomic E-state index is 14.0. The first-order valence-electron chi connectivity index (χ1n) is 15.9. The highest BCUT2D eigenvalue weighted by molar-refractivity contribution is 7.99. The van der Waals surface area contributed by atoms with Gasteiger partial charge in [-0.25, -0.2) is 4.98 Å². The molecule has 6 amide bonds. The van der Waals surface area contributed by atoms with Crippen molar-refractivity contribution < 1.29 is 33.9 Å². The minimum absolute atomic E-state index is 0.00383. The molecule has 4 rings (SSSR count). The summed E-state index contributed by atoms with van der Waals surface area (Å²) in [4.78, 5) is 86.4. The Morgan fingerprint density at radius 1 is 0.959 bits per heavy atom. The van der Waals surface area contributed by atoms with Gasteiger partial charge in [-0.3, -0.25) is 28.8 Å². The minimum atomic E-state index is -1.30. The molecule has 1 aromatic carbocycles. The predicted molar refractivity (Wildman–Crippen MR) is 185 cm³/mol. The molecule has 2 fully saturated rings. The number of thiazole rings is 1. The number of fused-ring (bicyclic) bond motifs is 1. The number of thioether (sulfide) groups is 1. The van der Waals surface area contributed by atoms with Gasteiger partial charge in [0.1, 0.15) is 24.2 Å². The summed E-state index contributed by atoms with van der Waals surface area (Å²) in [5.74, 6) is -3.23. The van der Waals surface area contributed by atoms with Crippen LogP contribution in [0.4, 0.5) is 0 Å². The minimum Gasteiger partial charge on any atom is -0.391 e. The van der Waals surface area contributed by atoms with Gasteiger partial charge in [-0.05, 0) is 23.5 Å². The summed E-state index contributed by atoms with van der Waals surface area (Å²) in [7, 11) is 0. The Kier molecular flexibility index (Phi) is 12.8.